The average Bonchev–Trinajstić information content (AvgIpc) is 3.01. The van der Waals surface area contributed by atoms with Crippen LogP contribution in [0, 0.1) is 5.82 Å². The number of urea groups is 1. The van der Waals surface area contributed by atoms with E-state index in [1.165, 1.54) is 12.1 Å². The molecule has 0 aliphatic heterocycles. The Morgan fingerprint density at radius 1 is 1.03 bits per heavy atom. The molecule has 2 N–H and O–H groups in total. The highest BCUT2D eigenvalue weighted by Gasteiger charge is 2.17. The Balaban J connectivity index is 1.63. The van der Waals surface area contributed by atoms with E-state index in [1.807, 2.05) is 12.1 Å². The van der Waals surface area contributed by atoms with E-state index in [1.54, 1.807) is 53.1 Å². The van der Waals surface area contributed by atoms with Crippen molar-refractivity contribution in [2.45, 2.75) is 6.54 Å². The van der Waals surface area contributed by atoms with Crippen LogP contribution in [0.25, 0.3) is 10.9 Å². The number of hydrogen-bond donors (Lipinski definition) is 2. The van der Waals surface area contributed by atoms with Crippen LogP contribution in [0.2, 0.25) is 5.02 Å². The van der Waals surface area contributed by atoms with Crippen molar-refractivity contribution in [3.05, 3.63) is 89.2 Å². The van der Waals surface area contributed by atoms with Crippen molar-refractivity contribution < 1.29 is 14.3 Å². The molecule has 0 atom stereocenters. The number of rotatable bonds is 4. The number of azo groups is 1. The zero-order chi connectivity index (χ0) is 21.1. The predicted molar refractivity (Wildman–Crippen MR) is 114 cm³/mol. The molecule has 3 aromatic carbocycles. The molecule has 0 bridgehead atoms. The smallest absolute Gasteiger partial charge is 0.364 e. The summed E-state index contributed by atoms with van der Waals surface area (Å²) in [6, 6.07) is 19.1. The minimum atomic E-state index is -0.688. The van der Waals surface area contributed by atoms with Gasteiger partial charge in [-0.15, -0.1) is 5.11 Å². The first-order chi connectivity index (χ1) is 14.5. The van der Waals surface area contributed by atoms with E-state index in [0.29, 0.717) is 28.2 Å². The quantitative estimate of drug-likeness (QED) is 0.368. The normalized spacial score (nSPS) is 11.3. The van der Waals surface area contributed by atoms with Gasteiger partial charge >= 0.3 is 6.03 Å². The third kappa shape index (κ3) is 4.16. The minimum Gasteiger partial charge on any atom is -0.493 e. The number of fused-ring (bicyclic) bond motifs is 1. The van der Waals surface area contributed by atoms with Crippen molar-refractivity contribution in [1.29, 1.82) is 0 Å². The van der Waals surface area contributed by atoms with Crippen LogP contribution in [0.3, 0.4) is 0 Å². The van der Waals surface area contributed by atoms with E-state index in [-0.39, 0.29) is 17.4 Å². The monoisotopic (exact) mass is 422 g/mol. The van der Waals surface area contributed by atoms with Gasteiger partial charge in [-0.1, -0.05) is 47.0 Å². The van der Waals surface area contributed by atoms with Crippen LogP contribution in [-0.2, 0) is 6.54 Å². The standard InChI is InChI=1S/C22H16ClFN4O2/c23-15-7-11-17(12-8-15)25-22(30)27-26-20-18-3-1-2-4-19(18)28(21(20)29)13-14-5-9-16(24)10-6-14/h1-12,29H,13H2,(H,25,30). The number of aromatic hydroxyl groups is 1. The number of nitrogens with zero attached hydrogens (tertiary/aromatic N) is 3. The Hall–Kier alpha value is -3.71. The molecule has 4 aromatic rings. The zero-order valence-electron chi connectivity index (χ0n) is 15.6. The zero-order valence-corrected chi connectivity index (χ0v) is 16.3. The molecule has 0 spiro atoms. The summed E-state index contributed by atoms with van der Waals surface area (Å²) in [4.78, 5) is 12.1. The molecule has 1 aromatic heterocycles. The molecule has 0 saturated carbocycles. The molecule has 0 saturated heterocycles. The van der Waals surface area contributed by atoms with Crippen LogP contribution in [0.1, 0.15) is 5.56 Å². The van der Waals surface area contributed by atoms with Crippen LogP contribution < -0.4 is 5.32 Å². The summed E-state index contributed by atoms with van der Waals surface area (Å²) in [6.45, 7) is 0.305. The lowest BCUT2D eigenvalue weighted by Crippen LogP contribution is -2.04. The van der Waals surface area contributed by atoms with E-state index < -0.39 is 6.03 Å². The predicted octanol–water partition coefficient (Wildman–Crippen LogP) is 6.50. The topological polar surface area (TPSA) is 79.0 Å². The van der Waals surface area contributed by atoms with E-state index in [4.69, 9.17) is 11.6 Å². The van der Waals surface area contributed by atoms with Gasteiger partial charge in [0.1, 0.15) is 5.82 Å². The first-order valence-electron chi connectivity index (χ1n) is 9.04. The summed E-state index contributed by atoms with van der Waals surface area (Å²) < 4.78 is 14.8. The fourth-order valence-corrected chi connectivity index (χ4v) is 3.21. The molecule has 4 rings (SSSR count). The van der Waals surface area contributed by atoms with Crippen molar-refractivity contribution in [3.63, 3.8) is 0 Å². The first-order valence-corrected chi connectivity index (χ1v) is 9.42. The lowest BCUT2D eigenvalue weighted by Gasteiger charge is -2.07. The Labute approximate surface area is 176 Å². The molecule has 0 aliphatic carbocycles. The van der Waals surface area contributed by atoms with E-state index in [9.17, 15) is 14.3 Å². The average molecular weight is 423 g/mol. The van der Waals surface area contributed by atoms with E-state index >= 15 is 0 Å². The molecule has 0 fully saturated rings. The summed E-state index contributed by atoms with van der Waals surface area (Å²) in [7, 11) is 0. The van der Waals surface area contributed by atoms with Gasteiger partial charge in [0, 0.05) is 16.1 Å². The van der Waals surface area contributed by atoms with Crippen molar-refractivity contribution in [2.75, 3.05) is 5.32 Å². The van der Waals surface area contributed by atoms with Crippen LogP contribution >= 0.6 is 11.6 Å². The number of carbonyl (C=O) groups excluding carboxylic acids is 1. The van der Waals surface area contributed by atoms with Crippen LogP contribution in [-0.4, -0.2) is 15.7 Å². The highest BCUT2D eigenvalue weighted by atomic mass is 35.5. The van der Waals surface area contributed by atoms with Crippen molar-refractivity contribution >= 4 is 39.9 Å². The highest BCUT2D eigenvalue weighted by molar-refractivity contribution is 6.30. The number of anilines is 1. The number of halogens is 2. The number of amides is 2. The number of benzene rings is 3. The molecule has 8 heteroatoms. The van der Waals surface area contributed by atoms with Crippen LogP contribution in [0.4, 0.5) is 20.6 Å². The van der Waals surface area contributed by atoms with Gasteiger partial charge in [0.2, 0.25) is 5.88 Å². The first kappa shape index (κ1) is 19.6. The fraction of sp³-hybridized carbons (Fsp3) is 0.0455. The maximum Gasteiger partial charge on any atom is 0.364 e. The van der Waals surface area contributed by atoms with Gasteiger partial charge in [0.15, 0.2) is 5.69 Å². The Bertz CT molecular complexity index is 1230. The molecule has 0 unspecified atom stereocenters. The molecule has 1 heterocycles. The maximum absolute atomic E-state index is 13.2. The Kier molecular flexibility index (Phi) is 5.45. The van der Waals surface area contributed by atoms with Crippen LogP contribution in [0.15, 0.2) is 83.0 Å². The lowest BCUT2D eigenvalue weighted by molar-refractivity contribution is 0.258. The van der Waals surface area contributed by atoms with E-state index in [0.717, 1.165) is 5.56 Å². The van der Waals surface area contributed by atoms with Gasteiger partial charge in [-0.3, -0.25) is 0 Å². The van der Waals surface area contributed by atoms with Gasteiger partial charge in [-0.05, 0) is 48.0 Å². The number of hydrogen-bond acceptors (Lipinski definition) is 3. The van der Waals surface area contributed by atoms with Crippen molar-refractivity contribution in [1.82, 2.24) is 4.57 Å². The summed E-state index contributed by atoms with van der Waals surface area (Å²) in [5, 5.41) is 22.2. The fourth-order valence-electron chi connectivity index (χ4n) is 3.08. The third-order valence-corrected chi connectivity index (χ3v) is 4.76. The highest BCUT2D eigenvalue weighted by Crippen LogP contribution is 2.39. The van der Waals surface area contributed by atoms with Crippen LogP contribution in [0.5, 0.6) is 5.88 Å². The molecule has 0 aliphatic rings. The number of carbonyl (C=O) groups is 1. The molecule has 2 amide bonds. The van der Waals surface area contributed by atoms with Gasteiger partial charge in [-0.25, -0.2) is 9.18 Å². The summed E-state index contributed by atoms with van der Waals surface area (Å²) in [5.74, 6) is -0.468. The number of aromatic nitrogens is 1. The SMILES string of the molecule is O=C(N=Nc1c(O)n(Cc2ccc(F)cc2)c2ccccc12)Nc1ccc(Cl)cc1. The van der Waals surface area contributed by atoms with Gasteiger partial charge in [-0.2, -0.15) is 0 Å². The summed E-state index contributed by atoms with van der Waals surface area (Å²) in [6.07, 6.45) is 0. The van der Waals surface area contributed by atoms with Gasteiger partial charge < -0.3 is 15.0 Å². The summed E-state index contributed by atoms with van der Waals surface area (Å²) in [5.41, 5.74) is 2.22. The Morgan fingerprint density at radius 3 is 2.47 bits per heavy atom. The molecule has 30 heavy (non-hydrogen) atoms. The second kappa shape index (κ2) is 8.34. The molecule has 6 nitrogen and oxygen atoms in total. The molecular formula is C22H16ClFN4O2. The van der Waals surface area contributed by atoms with Crippen molar-refractivity contribution in [3.8, 4) is 5.88 Å². The largest absolute Gasteiger partial charge is 0.493 e. The second-order valence-corrected chi connectivity index (χ2v) is 6.98. The molecule has 150 valence electrons. The third-order valence-electron chi connectivity index (χ3n) is 4.51. The van der Waals surface area contributed by atoms with E-state index in [2.05, 4.69) is 15.5 Å². The van der Waals surface area contributed by atoms with Gasteiger partial charge in [0.05, 0.1) is 12.1 Å². The Morgan fingerprint density at radius 2 is 1.73 bits per heavy atom. The second-order valence-electron chi connectivity index (χ2n) is 6.54. The number of para-hydroxylation sites is 1. The van der Waals surface area contributed by atoms with Gasteiger partial charge in [0.25, 0.3) is 0 Å². The lowest BCUT2D eigenvalue weighted by atomic mass is 10.2. The minimum absolute atomic E-state index is 0.136. The summed E-state index contributed by atoms with van der Waals surface area (Å²) >= 11 is 5.83. The number of nitrogens with one attached hydrogen (secondary N) is 1. The molecular weight excluding hydrogens is 407 g/mol. The molecule has 0 radical (unpaired) electrons. The van der Waals surface area contributed by atoms with Crippen molar-refractivity contribution in [2.24, 2.45) is 10.2 Å². The maximum atomic E-state index is 13.2.